The lowest BCUT2D eigenvalue weighted by Crippen LogP contribution is -2.03. The molecule has 4 nitrogen and oxygen atoms in total. The van der Waals surface area contributed by atoms with Gasteiger partial charge in [0.05, 0.1) is 17.7 Å². The lowest BCUT2D eigenvalue weighted by molar-refractivity contribution is 0.0601. The van der Waals surface area contributed by atoms with E-state index in [0.29, 0.717) is 23.4 Å². The molecule has 1 heterocycles. The van der Waals surface area contributed by atoms with E-state index < -0.39 is 11.8 Å². The van der Waals surface area contributed by atoms with Crippen LogP contribution in [0.2, 0.25) is 5.02 Å². The molecule has 0 amide bonds. The monoisotopic (exact) mass is 342 g/mol. The van der Waals surface area contributed by atoms with Gasteiger partial charge < -0.3 is 9.30 Å². The van der Waals surface area contributed by atoms with Crippen LogP contribution in [0.3, 0.4) is 0 Å². The second kappa shape index (κ2) is 6.34. The predicted octanol–water partition coefficient (Wildman–Crippen LogP) is 4.14. The van der Waals surface area contributed by atoms with E-state index in [0.717, 1.165) is 10.9 Å². The number of nitrogens with zero attached hydrogens (tertiary/aromatic N) is 2. The lowest BCUT2D eigenvalue weighted by atomic mass is 10.1. The zero-order chi connectivity index (χ0) is 17.3. The summed E-state index contributed by atoms with van der Waals surface area (Å²) in [5.41, 5.74) is 2.28. The van der Waals surface area contributed by atoms with E-state index in [1.807, 2.05) is 0 Å². The third-order valence-electron chi connectivity index (χ3n) is 3.76. The number of esters is 1. The second-order valence-corrected chi connectivity index (χ2v) is 5.65. The highest BCUT2D eigenvalue weighted by Crippen LogP contribution is 2.24. The van der Waals surface area contributed by atoms with Gasteiger partial charge in [-0.1, -0.05) is 17.7 Å². The van der Waals surface area contributed by atoms with Crippen molar-refractivity contribution in [1.82, 2.24) is 4.57 Å². The normalized spacial score (nSPS) is 10.6. The van der Waals surface area contributed by atoms with E-state index >= 15 is 0 Å². The quantitative estimate of drug-likeness (QED) is 0.672. The largest absolute Gasteiger partial charge is 0.465 e. The van der Waals surface area contributed by atoms with Crippen LogP contribution >= 0.6 is 11.6 Å². The minimum Gasteiger partial charge on any atom is -0.465 e. The van der Waals surface area contributed by atoms with Gasteiger partial charge in [-0.2, -0.15) is 5.26 Å². The Labute approximate surface area is 142 Å². The molecule has 3 rings (SSSR count). The van der Waals surface area contributed by atoms with Crippen LogP contribution in [0.15, 0.2) is 42.5 Å². The van der Waals surface area contributed by atoms with E-state index in [4.69, 9.17) is 16.3 Å². The lowest BCUT2D eigenvalue weighted by Gasteiger charge is -2.08. The fourth-order valence-electron chi connectivity index (χ4n) is 2.60. The summed E-state index contributed by atoms with van der Waals surface area (Å²) in [5, 5.41) is 10.2. The highest BCUT2D eigenvalue weighted by atomic mass is 35.5. The molecule has 0 atom stereocenters. The van der Waals surface area contributed by atoms with Gasteiger partial charge in [0.2, 0.25) is 0 Å². The van der Waals surface area contributed by atoms with Crippen molar-refractivity contribution < 1.29 is 13.9 Å². The summed E-state index contributed by atoms with van der Waals surface area (Å²) in [6.45, 7) is 0.318. The molecule has 0 bridgehead atoms. The molecule has 3 aromatic rings. The molecule has 24 heavy (non-hydrogen) atoms. The number of hydrogen-bond donors (Lipinski definition) is 0. The Hall–Kier alpha value is -2.84. The van der Waals surface area contributed by atoms with Crippen LogP contribution in [0.5, 0.6) is 0 Å². The number of benzene rings is 2. The summed E-state index contributed by atoms with van der Waals surface area (Å²) in [4.78, 5) is 11.6. The Balaban J connectivity index is 2.08. The fourth-order valence-corrected chi connectivity index (χ4v) is 2.72. The molecule has 2 aromatic carbocycles. The fraction of sp³-hybridized carbons (Fsp3) is 0.111. The Kier molecular flexibility index (Phi) is 4.24. The van der Waals surface area contributed by atoms with Gasteiger partial charge in [0.1, 0.15) is 17.6 Å². The van der Waals surface area contributed by atoms with E-state index in [2.05, 4.69) is 6.07 Å². The molecule has 0 fully saturated rings. The van der Waals surface area contributed by atoms with Crippen molar-refractivity contribution in [1.29, 1.82) is 5.26 Å². The van der Waals surface area contributed by atoms with Crippen molar-refractivity contribution in [3.63, 3.8) is 0 Å². The zero-order valence-electron chi connectivity index (χ0n) is 12.7. The first kappa shape index (κ1) is 16.0. The van der Waals surface area contributed by atoms with Gasteiger partial charge in [-0.3, -0.25) is 0 Å². The average Bonchev–Trinajstić information content (AvgIpc) is 2.94. The van der Waals surface area contributed by atoms with E-state index in [9.17, 15) is 14.4 Å². The van der Waals surface area contributed by atoms with Crippen LogP contribution in [-0.2, 0) is 11.3 Å². The summed E-state index contributed by atoms with van der Waals surface area (Å²) < 4.78 is 20.1. The first-order valence-corrected chi connectivity index (χ1v) is 7.47. The molecule has 0 radical (unpaired) electrons. The van der Waals surface area contributed by atoms with Gasteiger partial charge in [0.15, 0.2) is 0 Å². The van der Waals surface area contributed by atoms with Gasteiger partial charge in [0.25, 0.3) is 0 Å². The number of nitriles is 1. The summed E-state index contributed by atoms with van der Waals surface area (Å²) >= 11 is 5.70. The summed E-state index contributed by atoms with van der Waals surface area (Å²) in [5.74, 6) is -0.944. The molecule has 0 N–H and O–H groups in total. The van der Waals surface area contributed by atoms with Crippen molar-refractivity contribution in [2.75, 3.05) is 7.11 Å². The van der Waals surface area contributed by atoms with E-state index in [1.54, 1.807) is 34.9 Å². The minimum atomic E-state index is -0.503. The maximum Gasteiger partial charge on any atom is 0.337 e. The molecular formula is C18H12ClFN2O2. The first-order valence-electron chi connectivity index (χ1n) is 7.09. The number of methoxy groups -OCH3 is 1. The number of hydrogen-bond acceptors (Lipinski definition) is 3. The van der Waals surface area contributed by atoms with Crippen LogP contribution in [0.4, 0.5) is 4.39 Å². The van der Waals surface area contributed by atoms with Crippen molar-refractivity contribution in [2.24, 2.45) is 0 Å². The Bertz CT molecular complexity index is 989. The Morgan fingerprint density at radius 1 is 1.29 bits per heavy atom. The van der Waals surface area contributed by atoms with Gasteiger partial charge >= 0.3 is 5.97 Å². The van der Waals surface area contributed by atoms with Crippen LogP contribution < -0.4 is 0 Å². The Morgan fingerprint density at radius 3 is 2.75 bits per heavy atom. The predicted molar refractivity (Wildman–Crippen MR) is 88.5 cm³/mol. The number of carbonyl (C=O) groups excluding carboxylic acids is 1. The topological polar surface area (TPSA) is 55.0 Å². The number of fused-ring (bicyclic) bond motifs is 1. The molecule has 0 unspecified atom stereocenters. The number of aromatic nitrogens is 1. The van der Waals surface area contributed by atoms with Crippen molar-refractivity contribution in [2.45, 2.75) is 6.54 Å². The van der Waals surface area contributed by atoms with E-state index in [1.165, 1.54) is 19.2 Å². The highest BCUT2D eigenvalue weighted by molar-refractivity contribution is 6.30. The highest BCUT2D eigenvalue weighted by Gasteiger charge is 2.13. The SMILES string of the molecule is COC(=O)c1ccc2c(c1)cc(C#N)n2Cc1ccc(Cl)c(F)c1. The average molecular weight is 343 g/mol. The standard InChI is InChI=1S/C18H12ClFN2O2/c1-24-18(23)12-3-5-17-13(7-12)8-14(9-21)22(17)10-11-2-4-15(19)16(20)6-11/h2-8H,10H2,1H3. The summed E-state index contributed by atoms with van der Waals surface area (Å²) in [6.07, 6.45) is 0. The number of ether oxygens (including phenoxy) is 1. The molecule has 0 saturated carbocycles. The molecular weight excluding hydrogens is 331 g/mol. The first-order chi connectivity index (χ1) is 11.5. The molecule has 120 valence electrons. The zero-order valence-corrected chi connectivity index (χ0v) is 13.5. The maximum absolute atomic E-state index is 13.6. The van der Waals surface area contributed by atoms with Crippen LogP contribution in [0.1, 0.15) is 21.6 Å². The minimum absolute atomic E-state index is 0.0549. The molecule has 0 aliphatic rings. The van der Waals surface area contributed by atoms with Crippen molar-refractivity contribution in [3.8, 4) is 6.07 Å². The molecule has 0 spiro atoms. The third kappa shape index (κ3) is 2.84. The maximum atomic E-state index is 13.6. The van der Waals surface area contributed by atoms with Crippen molar-refractivity contribution >= 4 is 28.5 Å². The van der Waals surface area contributed by atoms with Gasteiger partial charge in [-0.15, -0.1) is 0 Å². The summed E-state index contributed by atoms with van der Waals surface area (Å²) in [7, 11) is 1.31. The number of rotatable bonds is 3. The van der Waals surface area contributed by atoms with Crippen molar-refractivity contribution in [3.05, 3.63) is 70.1 Å². The van der Waals surface area contributed by atoms with Gasteiger partial charge in [-0.05, 0) is 42.0 Å². The molecule has 0 saturated heterocycles. The van der Waals surface area contributed by atoms with Gasteiger partial charge in [-0.25, -0.2) is 9.18 Å². The summed E-state index contributed by atoms with van der Waals surface area (Å²) in [6, 6.07) is 13.4. The van der Waals surface area contributed by atoms with E-state index in [-0.39, 0.29) is 5.02 Å². The molecule has 1 aromatic heterocycles. The third-order valence-corrected chi connectivity index (χ3v) is 4.07. The molecule has 0 aliphatic heterocycles. The second-order valence-electron chi connectivity index (χ2n) is 5.24. The Morgan fingerprint density at radius 2 is 2.08 bits per heavy atom. The molecule has 6 heteroatoms. The smallest absolute Gasteiger partial charge is 0.337 e. The van der Waals surface area contributed by atoms with Gasteiger partial charge in [0, 0.05) is 17.4 Å². The van der Waals surface area contributed by atoms with Crippen LogP contribution in [-0.4, -0.2) is 17.6 Å². The number of halogens is 2. The van der Waals surface area contributed by atoms with Crippen LogP contribution in [0.25, 0.3) is 10.9 Å². The molecule has 0 aliphatic carbocycles. The van der Waals surface area contributed by atoms with Crippen LogP contribution in [0, 0.1) is 17.1 Å². The number of carbonyl (C=O) groups is 1.